The number of aliphatic hydroxyl groups excluding tert-OH is 1. The SMILES string of the molecule is Nc1ccc(OCC(=O)NCCOCCO)cc1. The molecule has 100 valence electrons. The maximum absolute atomic E-state index is 11.4. The molecule has 0 aromatic heterocycles. The fourth-order valence-electron chi connectivity index (χ4n) is 1.19. The van der Waals surface area contributed by atoms with E-state index in [1.807, 2.05) is 0 Å². The van der Waals surface area contributed by atoms with Gasteiger partial charge in [0.15, 0.2) is 6.61 Å². The highest BCUT2D eigenvalue weighted by molar-refractivity contribution is 5.77. The molecule has 0 saturated heterocycles. The Kier molecular flexibility index (Phi) is 6.60. The number of hydrogen-bond acceptors (Lipinski definition) is 5. The van der Waals surface area contributed by atoms with E-state index in [9.17, 15) is 4.79 Å². The quantitative estimate of drug-likeness (QED) is 0.440. The van der Waals surface area contributed by atoms with Crippen LogP contribution < -0.4 is 15.8 Å². The summed E-state index contributed by atoms with van der Waals surface area (Å²) in [5, 5.41) is 11.1. The van der Waals surface area contributed by atoms with E-state index in [0.29, 0.717) is 24.6 Å². The van der Waals surface area contributed by atoms with Crippen molar-refractivity contribution in [1.82, 2.24) is 5.32 Å². The molecule has 0 unspecified atom stereocenters. The zero-order valence-electron chi connectivity index (χ0n) is 10.1. The minimum absolute atomic E-state index is 0.0196. The van der Waals surface area contributed by atoms with Gasteiger partial charge in [-0.3, -0.25) is 4.79 Å². The molecule has 0 radical (unpaired) electrons. The second-order valence-electron chi connectivity index (χ2n) is 3.54. The van der Waals surface area contributed by atoms with Crippen molar-refractivity contribution in [3.8, 4) is 5.75 Å². The van der Waals surface area contributed by atoms with E-state index < -0.39 is 0 Å². The van der Waals surface area contributed by atoms with Gasteiger partial charge in [0.2, 0.25) is 0 Å². The molecule has 0 saturated carbocycles. The molecule has 0 heterocycles. The van der Waals surface area contributed by atoms with Crippen molar-refractivity contribution in [2.24, 2.45) is 0 Å². The summed E-state index contributed by atoms with van der Waals surface area (Å²) in [5.74, 6) is 0.371. The third-order valence-electron chi connectivity index (χ3n) is 2.05. The first-order valence-corrected chi connectivity index (χ1v) is 5.66. The number of anilines is 1. The Bertz CT molecular complexity index is 354. The number of nitrogens with one attached hydrogen (secondary N) is 1. The van der Waals surface area contributed by atoms with Crippen LogP contribution in [0, 0.1) is 0 Å². The maximum atomic E-state index is 11.4. The summed E-state index contributed by atoms with van der Waals surface area (Å²) >= 11 is 0. The van der Waals surface area contributed by atoms with Gasteiger partial charge in [-0.2, -0.15) is 0 Å². The highest BCUT2D eigenvalue weighted by Crippen LogP contribution is 2.12. The molecule has 1 aromatic carbocycles. The predicted octanol–water partition coefficient (Wildman–Crippen LogP) is -0.227. The topological polar surface area (TPSA) is 93.8 Å². The Morgan fingerprint density at radius 2 is 2.00 bits per heavy atom. The van der Waals surface area contributed by atoms with Crippen LogP contribution in [0.5, 0.6) is 5.75 Å². The predicted molar refractivity (Wildman–Crippen MR) is 67.3 cm³/mol. The van der Waals surface area contributed by atoms with Crippen LogP contribution in [-0.4, -0.2) is 44.0 Å². The van der Waals surface area contributed by atoms with Crippen molar-refractivity contribution < 1.29 is 19.4 Å². The van der Waals surface area contributed by atoms with Gasteiger partial charge in [0.05, 0.1) is 19.8 Å². The first kappa shape index (κ1) is 14.3. The Morgan fingerprint density at radius 3 is 2.67 bits per heavy atom. The molecule has 0 fully saturated rings. The van der Waals surface area contributed by atoms with Gasteiger partial charge >= 0.3 is 0 Å². The number of carbonyl (C=O) groups excluding carboxylic acids is 1. The van der Waals surface area contributed by atoms with E-state index in [1.165, 1.54) is 0 Å². The molecule has 1 amide bonds. The van der Waals surface area contributed by atoms with Crippen molar-refractivity contribution in [2.45, 2.75) is 0 Å². The van der Waals surface area contributed by atoms with Crippen LogP contribution in [0.1, 0.15) is 0 Å². The molecule has 1 rings (SSSR count). The van der Waals surface area contributed by atoms with E-state index in [2.05, 4.69) is 5.32 Å². The lowest BCUT2D eigenvalue weighted by atomic mass is 10.3. The standard InChI is InChI=1S/C12H18N2O4/c13-10-1-3-11(4-2-10)18-9-12(16)14-5-7-17-8-6-15/h1-4,15H,5-9,13H2,(H,14,16). The van der Waals surface area contributed by atoms with E-state index in [-0.39, 0.29) is 25.7 Å². The van der Waals surface area contributed by atoms with Gasteiger partial charge in [0.25, 0.3) is 5.91 Å². The summed E-state index contributed by atoms with van der Waals surface area (Å²) in [6.45, 7) is 0.966. The Labute approximate surface area is 106 Å². The van der Waals surface area contributed by atoms with Crippen LogP contribution in [-0.2, 0) is 9.53 Å². The van der Waals surface area contributed by atoms with Crippen molar-refractivity contribution >= 4 is 11.6 Å². The number of benzene rings is 1. The van der Waals surface area contributed by atoms with Gasteiger partial charge in [-0.15, -0.1) is 0 Å². The highest BCUT2D eigenvalue weighted by atomic mass is 16.5. The second-order valence-corrected chi connectivity index (χ2v) is 3.54. The zero-order valence-corrected chi connectivity index (χ0v) is 10.1. The molecule has 6 nitrogen and oxygen atoms in total. The minimum Gasteiger partial charge on any atom is -0.484 e. The Balaban J connectivity index is 2.11. The molecule has 0 aliphatic carbocycles. The van der Waals surface area contributed by atoms with Crippen LogP contribution in [0.15, 0.2) is 24.3 Å². The van der Waals surface area contributed by atoms with Crippen LogP contribution >= 0.6 is 0 Å². The van der Waals surface area contributed by atoms with Crippen LogP contribution in [0.3, 0.4) is 0 Å². The molecule has 0 aliphatic rings. The highest BCUT2D eigenvalue weighted by Gasteiger charge is 2.01. The molecular formula is C12H18N2O4. The van der Waals surface area contributed by atoms with Gasteiger partial charge in [-0.1, -0.05) is 0 Å². The van der Waals surface area contributed by atoms with Crippen molar-refractivity contribution in [2.75, 3.05) is 38.7 Å². The molecule has 4 N–H and O–H groups in total. The zero-order chi connectivity index (χ0) is 13.2. The average Bonchev–Trinajstić information content (AvgIpc) is 2.38. The average molecular weight is 254 g/mol. The van der Waals surface area contributed by atoms with Crippen LogP contribution in [0.4, 0.5) is 5.69 Å². The van der Waals surface area contributed by atoms with Crippen LogP contribution in [0.25, 0.3) is 0 Å². The normalized spacial score (nSPS) is 10.1. The number of aliphatic hydroxyl groups is 1. The first-order chi connectivity index (χ1) is 8.72. The van der Waals surface area contributed by atoms with Gasteiger partial charge in [0, 0.05) is 12.2 Å². The number of rotatable bonds is 8. The van der Waals surface area contributed by atoms with Gasteiger partial charge in [-0.05, 0) is 24.3 Å². The lowest BCUT2D eigenvalue weighted by Crippen LogP contribution is -2.31. The Morgan fingerprint density at radius 1 is 1.28 bits per heavy atom. The van der Waals surface area contributed by atoms with Gasteiger partial charge in [-0.25, -0.2) is 0 Å². The number of nitrogens with two attached hydrogens (primary N) is 1. The number of carbonyl (C=O) groups is 1. The fourth-order valence-corrected chi connectivity index (χ4v) is 1.19. The summed E-state index contributed by atoms with van der Waals surface area (Å²) in [4.78, 5) is 11.4. The second kappa shape index (κ2) is 8.32. The van der Waals surface area contributed by atoms with Crippen molar-refractivity contribution in [3.63, 3.8) is 0 Å². The monoisotopic (exact) mass is 254 g/mol. The Hall–Kier alpha value is -1.79. The van der Waals surface area contributed by atoms with E-state index in [0.717, 1.165) is 0 Å². The molecule has 0 bridgehead atoms. The summed E-state index contributed by atoms with van der Waals surface area (Å²) in [5.41, 5.74) is 6.17. The number of nitrogen functional groups attached to an aromatic ring is 1. The molecule has 6 heteroatoms. The van der Waals surface area contributed by atoms with Crippen molar-refractivity contribution in [1.29, 1.82) is 0 Å². The number of hydrogen-bond donors (Lipinski definition) is 3. The van der Waals surface area contributed by atoms with E-state index in [4.69, 9.17) is 20.3 Å². The first-order valence-electron chi connectivity index (χ1n) is 5.66. The lowest BCUT2D eigenvalue weighted by molar-refractivity contribution is -0.123. The molecule has 0 aliphatic heterocycles. The van der Waals surface area contributed by atoms with Gasteiger partial charge in [0.1, 0.15) is 5.75 Å². The smallest absolute Gasteiger partial charge is 0.258 e. The largest absolute Gasteiger partial charge is 0.484 e. The number of ether oxygens (including phenoxy) is 2. The third kappa shape index (κ3) is 6.07. The molecule has 1 aromatic rings. The van der Waals surface area contributed by atoms with Gasteiger partial charge < -0.3 is 25.6 Å². The summed E-state index contributed by atoms with van der Waals surface area (Å²) < 4.78 is 10.2. The summed E-state index contributed by atoms with van der Waals surface area (Å²) in [6, 6.07) is 6.81. The van der Waals surface area contributed by atoms with Crippen LogP contribution in [0.2, 0.25) is 0 Å². The van der Waals surface area contributed by atoms with E-state index in [1.54, 1.807) is 24.3 Å². The summed E-state index contributed by atoms with van der Waals surface area (Å²) in [6.07, 6.45) is 0. The number of amides is 1. The van der Waals surface area contributed by atoms with E-state index >= 15 is 0 Å². The molecule has 0 atom stereocenters. The molecular weight excluding hydrogens is 236 g/mol. The lowest BCUT2D eigenvalue weighted by Gasteiger charge is -2.07. The minimum atomic E-state index is -0.223. The molecule has 18 heavy (non-hydrogen) atoms. The fraction of sp³-hybridized carbons (Fsp3) is 0.417. The third-order valence-corrected chi connectivity index (χ3v) is 2.05. The summed E-state index contributed by atoms with van der Waals surface area (Å²) in [7, 11) is 0. The maximum Gasteiger partial charge on any atom is 0.258 e. The molecule has 0 spiro atoms. The van der Waals surface area contributed by atoms with Crippen molar-refractivity contribution in [3.05, 3.63) is 24.3 Å².